The van der Waals surface area contributed by atoms with Crippen molar-refractivity contribution in [1.29, 1.82) is 0 Å². The van der Waals surface area contributed by atoms with Crippen LogP contribution in [-0.4, -0.2) is 17.4 Å². The van der Waals surface area contributed by atoms with Gasteiger partial charge in [0.05, 0.1) is 4.92 Å². The van der Waals surface area contributed by atoms with Gasteiger partial charge in [-0.15, -0.1) is 0 Å². The first-order valence-electron chi connectivity index (χ1n) is 6.08. The van der Waals surface area contributed by atoms with Crippen molar-refractivity contribution in [2.24, 2.45) is 0 Å². The molecule has 114 valence electrons. The summed E-state index contributed by atoms with van der Waals surface area (Å²) in [4.78, 5) is 22.0. The summed E-state index contributed by atoms with van der Waals surface area (Å²) in [5.74, 6) is -1.36. The molecule has 0 unspecified atom stereocenters. The SMILES string of the molecule is O=C(COc1ccccc1F)Nc1cc(Cl)ccc1[N+](=O)[O-]. The first kappa shape index (κ1) is 15.7. The molecule has 22 heavy (non-hydrogen) atoms. The number of nitro benzene ring substituents is 1. The van der Waals surface area contributed by atoms with Gasteiger partial charge in [-0.25, -0.2) is 4.39 Å². The third-order valence-electron chi connectivity index (χ3n) is 2.62. The lowest BCUT2D eigenvalue weighted by atomic mass is 10.2. The normalized spacial score (nSPS) is 10.1. The predicted molar refractivity (Wildman–Crippen MR) is 78.6 cm³/mol. The van der Waals surface area contributed by atoms with Crippen LogP contribution in [0.15, 0.2) is 42.5 Å². The Morgan fingerprint density at radius 3 is 2.73 bits per heavy atom. The Kier molecular flexibility index (Phi) is 4.90. The van der Waals surface area contributed by atoms with Gasteiger partial charge in [0.25, 0.3) is 11.6 Å². The molecule has 0 heterocycles. The first-order valence-corrected chi connectivity index (χ1v) is 6.46. The van der Waals surface area contributed by atoms with Gasteiger partial charge in [-0.05, 0) is 24.3 Å². The molecule has 0 radical (unpaired) electrons. The molecule has 0 saturated carbocycles. The van der Waals surface area contributed by atoms with Gasteiger partial charge < -0.3 is 10.1 Å². The fourth-order valence-electron chi connectivity index (χ4n) is 1.66. The minimum absolute atomic E-state index is 0.0559. The van der Waals surface area contributed by atoms with Crippen LogP contribution in [-0.2, 0) is 4.79 Å². The van der Waals surface area contributed by atoms with Gasteiger partial charge in [-0.3, -0.25) is 14.9 Å². The van der Waals surface area contributed by atoms with Crippen LogP contribution in [0.3, 0.4) is 0 Å². The molecular formula is C14H10ClFN2O4. The van der Waals surface area contributed by atoms with E-state index in [4.69, 9.17) is 16.3 Å². The molecule has 0 spiro atoms. The molecule has 1 N–H and O–H groups in total. The smallest absolute Gasteiger partial charge is 0.292 e. The second-order valence-electron chi connectivity index (χ2n) is 4.19. The Hall–Kier alpha value is -2.67. The van der Waals surface area contributed by atoms with Gasteiger partial charge in [0.15, 0.2) is 18.2 Å². The van der Waals surface area contributed by atoms with Crippen LogP contribution in [0.25, 0.3) is 0 Å². The van der Waals surface area contributed by atoms with Crippen LogP contribution in [0.4, 0.5) is 15.8 Å². The van der Waals surface area contributed by atoms with Crippen LogP contribution >= 0.6 is 11.6 Å². The topological polar surface area (TPSA) is 81.5 Å². The molecule has 6 nitrogen and oxygen atoms in total. The number of benzene rings is 2. The standard InChI is InChI=1S/C14H10ClFN2O4/c15-9-5-6-12(18(20)21)11(7-9)17-14(19)8-22-13-4-2-1-3-10(13)16/h1-7H,8H2,(H,17,19). The number of nitrogens with zero attached hydrogens (tertiary/aromatic N) is 1. The van der Waals surface area contributed by atoms with Crippen molar-refractivity contribution in [3.8, 4) is 5.75 Å². The van der Waals surface area contributed by atoms with Gasteiger partial charge in [0.2, 0.25) is 0 Å². The molecule has 0 aliphatic heterocycles. The fourth-order valence-corrected chi connectivity index (χ4v) is 1.83. The third-order valence-corrected chi connectivity index (χ3v) is 2.86. The highest BCUT2D eigenvalue weighted by atomic mass is 35.5. The maximum absolute atomic E-state index is 13.3. The highest BCUT2D eigenvalue weighted by Crippen LogP contribution is 2.27. The number of halogens is 2. The number of anilines is 1. The number of nitrogens with one attached hydrogen (secondary N) is 1. The minimum atomic E-state index is -0.673. The molecule has 2 aromatic carbocycles. The molecule has 8 heteroatoms. The number of ether oxygens (including phenoxy) is 1. The molecule has 0 aliphatic carbocycles. The predicted octanol–water partition coefficient (Wildman–Crippen LogP) is 3.40. The number of hydrogen-bond acceptors (Lipinski definition) is 4. The Balaban J connectivity index is 2.05. The number of nitro groups is 1. The van der Waals surface area contributed by atoms with Crippen molar-refractivity contribution in [2.75, 3.05) is 11.9 Å². The van der Waals surface area contributed by atoms with Crippen LogP contribution in [0, 0.1) is 15.9 Å². The summed E-state index contributed by atoms with van der Waals surface area (Å²) in [6, 6.07) is 9.36. The second-order valence-corrected chi connectivity index (χ2v) is 4.62. The highest BCUT2D eigenvalue weighted by molar-refractivity contribution is 6.31. The lowest BCUT2D eigenvalue weighted by Crippen LogP contribution is -2.21. The van der Waals surface area contributed by atoms with E-state index in [1.54, 1.807) is 6.07 Å². The van der Waals surface area contributed by atoms with Gasteiger partial charge >= 0.3 is 0 Å². The summed E-state index contributed by atoms with van der Waals surface area (Å²) in [7, 11) is 0. The van der Waals surface area contributed by atoms with E-state index in [0.29, 0.717) is 0 Å². The number of rotatable bonds is 5. The Bertz CT molecular complexity index is 724. The van der Waals surface area contributed by atoms with Crippen LogP contribution in [0.2, 0.25) is 5.02 Å². The van der Waals surface area contributed by atoms with E-state index in [0.717, 1.165) is 0 Å². The number of carbonyl (C=O) groups excluding carboxylic acids is 1. The van der Waals surface area contributed by atoms with Crippen molar-refractivity contribution in [3.63, 3.8) is 0 Å². The Morgan fingerprint density at radius 2 is 2.05 bits per heavy atom. The summed E-state index contributed by atoms with van der Waals surface area (Å²) < 4.78 is 18.3. The summed E-state index contributed by atoms with van der Waals surface area (Å²) in [6.07, 6.45) is 0. The van der Waals surface area contributed by atoms with E-state index >= 15 is 0 Å². The maximum atomic E-state index is 13.3. The van der Waals surface area contributed by atoms with Gasteiger partial charge in [-0.1, -0.05) is 23.7 Å². The molecule has 2 rings (SSSR count). The van der Waals surface area contributed by atoms with Crippen molar-refractivity contribution in [2.45, 2.75) is 0 Å². The minimum Gasteiger partial charge on any atom is -0.481 e. The van der Waals surface area contributed by atoms with Crippen LogP contribution in [0.5, 0.6) is 5.75 Å². The van der Waals surface area contributed by atoms with E-state index in [1.807, 2.05) is 0 Å². The summed E-state index contributed by atoms with van der Waals surface area (Å²) in [5, 5.41) is 13.4. The van der Waals surface area contributed by atoms with E-state index in [1.165, 1.54) is 36.4 Å². The molecule has 0 saturated heterocycles. The zero-order chi connectivity index (χ0) is 16.1. The monoisotopic (exact) mass is 324 g/mol. The van der Waals surface area contributed by atoms with Gasteiger partial charge in [0.1, 0.15) is 5.69 Å². The van der Waals surface area contributed by atoms with Crippen molar-refractivity contribution < 1.29 is 18.8 Å². The van der Waals surface area contributed by atoms with Crippen molar-refractivity contribution >= 4 is 28.9 Å². The van der Waals surface area contributed by atoms with E-state index in [9.17, 15) is 19.3 Å². The quantitative estimate of drug-likeness (QED) is 0.675. The number of hydrogen-bond donors (Lipinski definition) is 1. The zero-order valence-corrected chi connectivity index (χ0v) is 11.8. The highest BCUT2D eigenvalue weighted by Gasteiger charge is 2.16. The Morgan fingerprint density at radius 1 is 1.32 bits per heavy atom. The Labute approximate surface area is 129 Å². The van der Waals surface area contributed by atoms with E-state index in [2.05, 4.69) is 5.32 Å². The van der Waals surface area contributed by atoms with Crippen LogP contribution in [0.1, 0.15) is 0 Å². The summed E-state index contributed by atoms with van der Waals surface area (Å²) in [6.45, 7) is -0.495. The molecule has 0 aromatic heterocycles. The number of amides is 1. The largest absolute Gasteiger partial charge is 0.481 e. The molecule has 0 fully saturated rings. The summed E-state index contributed by atoms with van der Waals surface area (Å²) in [5.41, 5.74) is -0.358. The third kappa shape index (κ3) is 3.92. The average Bonchev–Trinajstić information content (AvgIpc) is 2.46. The lowest BCUT2D eigenvalue weighted by Gasteiger charge is -2.08. The molecule has 0 aliphatic rings. The van der Waals surface area contributed by atoms with Gasteiger partial charge in [-0.2, -0.15) is 0 Å². The fraction of sp³-hybridized carbons (Fsp3) is 0.0714. The summed E-state index contributed by atoms with van der Waals surface area (Å²) >= 11 is 5.74. The van der Waals surface area contributed by atoms with Crippen LogP contribution < -0.4 is 10.1 Å². The van der Waals surface area contributed by atoms with Crippen molar-refractivity contribution in [1.82, 2.24) is 0 Å². The molecule has 0 atom stereocenters. The van der Waals surface area contributed by atoms with E-state index < -0.39 is 23.3 Å². The lowest BCUT2D eigenvalue weighted by molar-refractivity contribution is -0.383. The van der Waals surface area contributed by atoms with E-state index in [-0.39, 0.29) is 22.1 Å². The molecule has 1 amide bonds. The van der Waals surface area contributed by atoms with Gasteiger partial charge in [0, 0.05) is 11.1 Å². The molecular weight excluding hydrogens is 315 g/mol. The number of carbonyl (C=O) groups is 1. The maximum Gasteiger partial charge on any atom is 0.292 e. The number of para-hydroxylation sites is 1. The van der Waals surface area contributed by atoms with Crippen molar-refractivity contribution in [3.05, 3.63) is 63.4 Å². The second kappa shape index (κ2) is 6.86. The molecule has 0 bridgehead atoms. The molecule has 2 aromatic rings. The zero-order valence-electron chi connectivity index (χ0n) is 11.1. The average molecular weight is 325 g/mol. The first-order chi connectivity index (χ1) is 10.5.